The molecule has 0 spiro atoms. The van der Waals surface area contributed by atoms with Gasteiger partial charge in [0, 0.05) is 12.0 Å². The zero-order valence-corrected chi connectivity index (χ0v) is 17.9. The lowest BCUT2D eigenvalue weighted by molar-refractivity contribution is -0.163. The fourth-order valence-electron chi connectivity index (χ4n) is 3.73. The Labute approximate surface area is 177 Å². The molecule has 1 aromatic heterocycles. The van der Waals surface area contributed by atoms with Crippen molar-refractivity contribution in [2.75, 3.05) is 7.11 Å². The molecule has 3 rings (SSSR count). The topological polar surface area (TPSA) is 81.5 Å². The van der Waals surface area contributed by atoms with Gasteiger partial charge in [-0.25, -0.2) is 0 Å². The van der Waals surface area contributed by atoms with Crippen molar-refractivity contribution in [3.63, 3.8) is 0 Å². The summed E-state index contributed by atoms with van der Waals surface area (Å²) < 4.78 is 10.8. The zero-order chi connectivity index (χ0) is 21.8. The molecule has 1 fully saturated rings. The molecule has 3 atom stereocenters. The van der Waals surface area contributed by atoms with Gasteiger partial charge in [-0.1, -0.05) is 36.3 Å². The van der Waals surface area contributed by atoms with Crippen molar-refractivity contribution in [3.8, 4) is 17.6 Å². The average molecular weight is 408 g/mol. The molecular weight excluding hydrogens is 380 g/mol. The van der Waals surface area contributed by atoms with Crippen LogP contribution in [-0.4, -0.2) is 39.6 Å². The summed E-state index contributed by atoms with van der Waals surface area (Å²) in [6.07, 6.45) is 2.71. The number of hydrogen-bond acceptors (Lipinski definition) is 6. The van der Waals surface area contributed by atoms with Crippen LogP contribution in [0.5, 0.6) is 5.75 Å². The molecule has 1 saturated carbocycles. The summed E-state index contributed by atoms with van der Waals surface area (Å²) in [7, 11) is 1.55. The van der Waals surface area contributed by atoms with Gasteiger partial charge in [-0.3, -0.25) is 4.79 Å². The Morgan fingerprint density at radius 1 is 1.27 bits per heavy atom. The monoisotopic (exact) mass is 408 g/mol. The van der Waals surface area contributed by atoms with Crippen LogP contribution in [0.1, 0.15) is 57.2 Å². The summed E-state index contributed by atoms with van der Waals surface area (Å²) in [6, 6.07) is 11.4. The Morgan fingerprint density at radius 2 is 2.00 bits per heavy atom. The van der Waals surface area contributed by atoms with Gasteiger partial charge in [0.1, 0.15) is 22.6 Å². The third-order valence-electron chi connectivity index (χ3n) is 5.14. The van der Waals surface area contributed by atoms with Gasteiger partial charge in [-0.2, -0.15) is 5.10 Å². The molecule has 1 N–H and O–H groups in total. The van der Waals surface area contributed by atoms with Crippen molar-refractivity contribution in [3.05, 3.63) is 53.9 Å². The normalized spacial score (nSPS) is 23.8. The molecule has 1 heterocycles. The first-order valence-corrected chi connectivity index (χ1v) is 10.1. The average Bonchev–Trinajstić information content (AvgIpc) is 2.72. The van der Waals surface area contributed by atoms with Crippen LogP contribution in [0.4, 0.5) is 0 Å². The number of nitrogens with zero attached hydrogens (tertiary/aromatic N) is 2. The lowest BCUT2D eigenvalue weighted by Crippen LogP contribution is -2.41. The Morgan fingerprint density at radius 3 is 2.67 bits per heavy atom. The molecule has 0 radical (unpaired) electrons. The smallest absolute Gasteiger partial charge is 0.310 e. The molecule has 0 aliphatic heterocycles. The molecule has 2 aromatic rings. The quantitative estimate of drug-likeness (QED) is 0.618. The van der Waals surface area contributed by atoms with E-state index in [9.17, 15) is 9.90 Å². The molecule has 1 aromatic carbocycles. The van der Waals surface area contributed by atoms with Crippen LogP contribution in [0, 0.1) is 17.8 Å². The number of rotatable bonds is 3. The number of aromatic nitrogens is 2. The van der Waals surface area contributed by atoms with Crippen molar-refractivity contribution in [2.24, 2.45) is 5.92 Å². The predicted molar refractivity (Wildman–Crippen MR) is 113 cm³/mol. The van der Waals surface area contributed by atoms with Crippen molar-refractivity contribution >= 4 is 5.97 Å². The number of carbonyl (C=O) groups is 1. The van der Waals surface area contributed by atoms with E-state index in [4.69, 9.17) is 9.47 Å². The van der Waals surface area contributed by atoms with Gasteiger partial charge in [0.2, 0.25) is 0 Å². The highest BCUT2D eigenvalue weighted by molar-refractivity contribution is 5.74. The number of hydrogen-bond donors (Lipinski definition) is 1. The van der Waals surface area contributed by atoms with E-state index >= 15 is 0 Å². The van der Waals surface area contributed by atoms with E-state index in [-0.39, 0.29) is 17.8 Å². The van der Waals surface area contributed by atoms with Gasteiger partial charge in [0.15, 0.2) is 0 Å². The Hall–Kier alpha value is -2.91. The van der Waals surface area contributed by atoms with Crippen LogP contribution >= 0.6 is 0 Å². The maximum atomic E-state index is 12.9. The second-order valence-corrected chi connectivity index (χ2v) is 8.66. The minimum atomic E-state index is -1.23. The molecule has 6 heteroatoms. The number of benzene rings is 1. The molecule has 0 bridgehead atoms. The fourth-order valence-corrected chi connectivity index (χ4v) is 3.73. The standard InChI is InChI=1S/C24H28N2O4/c1-23(2,3)30-22(27)20-11-13-24(28,15-21(20)17-8-6-5-7-9-17)12-10-18-14-19(29-4)16-25-26-18/h5-9,14,16,20-21,28H,11,13,15H2,1-4H3/t20-,21+,24?/m1/s1. The van der Waals surface area contributed by atoms with Crippen molar-refractivity contribution < 1.29 is 19.4 Å². The molecular formula is C24H28N2O4. The van der Waals surface area contributed by atoms with Crippen molar-refractivity contribution in [1.82, 2.24) is 10.2 Å². The first-order chi connectivity index (χ1) is 14.2. The van der Waals surface area contributed by atoms with Gasteiger partial charge in [-0.15, -0.1) is 5.10 Å². The first kappa shape index (κ1) is 21.8. The van der Waals surface area contributed by atoms with Crippen LogP contribution in [0.25, 0.3) is 0 Å². The molecule has 6 nitrogen and oxygen atoms in total. The molecule has 1 unspecified atom stereocenters. The minimum absolute atomic E-state index is 0.189. The van der Waals surface area contributed by atoms with E-state index in [0.717, 1.165) is 5.56 Å². The molecule has 1 aliphatic rings. The summed E-state index contributed by atoms with van der Waals surface area (Å²) in [6.45, 7) is 5.59. The lowest BCUT2D eigenvalue weighted by atomic mass is 9.69. The van der Waals surface area contributed by atoms with E-state index in [2.05, 4.69) is 22.0 Å². The van der Waals surface area contributed by atoms with E-state index in [1.807, 2.05) is 51.1 Å². The number of carbonyl (C=O) groups excluding carboxylic acids is 1. The highest BCUT2D eigenvalue weighted by Crippen LogP contribution is 2.43. The number of esters is 1. The van der Waals surface area contributed by atoms with Crippen LogP contribution in [-0.2, 0) is 9.53 Å². The van der Waals surface area contributed by atoms with Crippen LogP contribution in [0.2, 0.25) is 0 Å². The second-order valence-electron chi connectivity index (χ2n) is 8.66. The van der Waals surface area contributed by atoms with Gasteiger partial charge in [0.25, 0.3) is 0 Å². The minimum Gasteiger partial charge on any atom is -0.495 e. The largest absolute Gasteiger partial charge is 0.495 e. The summed E-state index contributed by atoms with van der Waals surface area (Å²) in [5.74, 6) is 5.69. The summed E-state index contributed by atoms with van der Waals surface area (Å²) in [4.78, 5) is 12.9. The maximum absolute atomic E-state index is 12.9. The molecule has 158 valence electrons. The van der Waals surface area contributed by atoms with Crippen LogP contribution in [0.15, 0.2) is 42.6 Å². The van der Waals surface area contributed by atoms with E-state index in [0.29, 0.717) is 30.7 Å². The second kappa shape index (κ2) is 8.85. The molecule has 0 saturated heterocycles. The first-order valence-electron chi connectivity index (χ1n) is 10.1. The SMILES string of the molecule is COc1cnnc(C#CC2(O)CC[C@@H](C(=O)OC(C)(C)C)[C@H](c3ccccc3)C2)c1. The molecule has 0 amide bonds. The number of ether oxygens (including phenoxy) is 2. The predicted octanol–water partition coefficient (Wildman–Crippen LogP) is 3.49. The number of aliphatic hydroxyl groups is 1. The Balaban J connectivity index is 1.87. The lowest BCUT2D eigenvalue weighted by Gasteiger charge is -2.39. The highest BCUT2D eigenvalue weighted by Gasteiger charge is 2.43. The number of methoxy groups -OCH3 is 1. The van der Waals surface area contributed by atoms with E-state index < -0.39 is 11.2 Å². The van der Waals surface area contributed by atoms with Crippen LogP contribution in [0.3, 0.4) is 0 Å². The van der Waals surface area contributed by atoms with E-state index in [1.54, 1.807) is 13.2 Å². The van der Waals surface area contributed by atoms with Gasteiger partial charge in [0.05, 0.1) is 19.2 Å². The Bertz CT molecular complexity index is 943. The Kier molecular flexibility index (Phi) is 6.42. The summed E-state index contributed by atoms with van der Waals surface area (Å²) in [5, 5.41) is 19.0. The maximum Gasteiger partial charge on any atom is 0.310 e. The van der Waals surface area contributed by atoms with Gasteiger partial charge < -0.3 is 14.6 Å². The molecule has 1 aliphatic carbocycles. The zero-order valence-electron chi connectivity index (χ0n) is 17.9. The summed E-state index contributed by atoms with van der Waals surface area (Å²) >= 11 is 0. The highest BCUT2D eigenvalue weighted by atomic mass is 16.6. The van der Waals surface area contributed by atoms with Crippen molar-refractivity contribution in [2.45, 2.75) is 57.2 Å². The van der Waals surface area contributed by atoms with Gasteiger partial charge >= 0.3 is 5.97 Å². The summed E-state index contributed by atoms with van der Waals surface area (Å²) in [5.41, 5.74) is -0.372. The van der Waals surface area contributed by atoms with E-state index in [1.165, 1.54) is 6.20 Å². The third-order valence-corrected chi connectivity index (χ3v) is 5.14. The van der Waals surface area contributed by atoms with Crippen LogP contribution < -0.4 is 4.74 Å². The fraction of sp³-hybridized carbons (Fsp3) is 0.458. The third kappa shape index (κ3) is 5.58. The van der Waals surface area contributed by atoms with Crippen molar-refractivity contribution in [1.29, 1.82) is 0 Å². The van der Waals surface area contributed by atoms with Gasteiger partial charge in [-0.05, 0) is 51.5 Å². The molecule has 30 heavy (non-hydrogen) atoms.